The average Bonchev–Trinajstić information content (AvgIpc) is 0.743. The summed E-state index contributed by atoms with van der Waals surface area (Å²) in [6.07, 6.45) is 0. The van der Waals surface area contributed by atoms with Crippen LogP contribution in [-0.4, -0.2) is 34.9 Å². The lowest BCUT2D eigenvalue weighted by molar-refractivity contribution is 1.07. The van der Waals surface area contributed by atoms with Crippen LogP contribution in [0.4, 0.5) is 0 Å². The van der Waals surface area contributed by atoms with E-state index in [1.54, 1.807) is 0 Å². The summed E-state index contributed by atoms with van der Waals surface area (Å²) >= 11 is 0. The van der Waals surface area contributed by atoms with Crippen LogP contribution in [-0.2, 0) is 0 Å². The number of hydrogen-bond donors (Lipinski definition) is 0. The van der Waals surface area contributed by atoms with Crippen LogP contribution in [0.1, 0.15) is 0 Å². The summed E-state index contributed by atoms with van der Waals surface area (Å²) in [4.78, 5) is 37.1. The normalized spacial score (nSPS) is 11.6. The molecular formula is C87H53N7. The lowest BCUT2D eigenvalue weighted by atomic mass is 9.88. The summed E-state index contributed by atoms with van der Waals surface area (Å²) in [5.74, 6) is 2.97. The maximum Gasteiger partial charge on any atom is 0.164 e. The van der Waals surface area contributed by atoms with E-state index in [0.29, 0.717) is 29.1 Å². The number of aromatic nitrogens is 7. The molecule has 0 aliphatic rings. The first kappa shape index (κ1) is 54.2. The van der Waals surface area contributed by atoms with Gasteiger partial charge in [0, 0.05) is 55.5 Å². The molecule has 0 unspecified atom stereocenters. The van der Waals surface area contributed by atoms with Crippen LogP contribution in [0, 0.1) is 0 Å². The van der Waals surface area contributed by atoms with E-state index >= 15 is 0 Å². The van der Waals surface area contributed by atoms with Crippen LogP contribution in [0.2, 0.25) is 0 Å². The fourth-order valence-corrected chi connectivity index (χ4v) is 13.7. The van der Waals surface area contributed by atoms with Gasteiger partial charge in [0.05, 0.1) is 22.6 Å². The summed E-state index contributed by atoms with van der Waals surface area (Å²) < 4.78 is 0. The Morgan fingerprint density at radius 2 is 0.436 bits per heavy atom. The third-order valence-electron chi connectivity index (χ3n) is 18.3. The molecule has 3 aromatic heterocycles. The molecule has 94 heavy (non-hydrogen) atoms. The molecule has 0 saturated carbocycles. The van der Waals surface area contributed by atoms with Gasteiger partial charge >= 0.3 is 0 Å². The van der Waals surface area contributed by atoms with Crippen molar-refractivity contribution < 1.29 is 0 Å². The number of benzene rings is 15. The molecule has 0 atom stereocenters. The summed E-state index contributed by atoms with van der Waals surface area (Å²) in [6, 6.07) is 113. The van der Waals surface area contributed by atoms with E-state index in [0.717, 1.165) is 94.7 Å². The lowest BCUT2D eigenvalue weighted by Crippen LogP contribution is -2.00. The molecule has 0 aliphatic carbocycles. The van der Waals surface area contributed by atoms with Crippen molar-refractivity contribution in [1.29, 1.82) is 0 Å². The van der Waals surface area contributed by atoms with Gasteiger partial charge in [-0.2, -0.15) is 0 Å². The van der Waals surface area contributed by atoms with Gasteiger partial charge in [-0.25, -0.2) is 34.9 Å². The van der Waals surface area contributed by atoms with E-state index in [4.69, 9.17) is 34.9 Å². The quantitative estimate of drug-likeness (QED) is 0.126. The van der Waals surface area contributed by atoms with Crippen molar-refractivity contribution in [3.8, 4) is 113 Å². The molecule has 7 nitrogen and oxygen atoms in total. The van der Waals surface area contributed by atoms with E-state index in [2.05, 4.69) is 224 Å². The van der Waals surface area contributed by atoms with Crippen molar-refractivity contribution in [1.82, 2.24) is 34.9 Å². The molecule has 0 aliphatic heterocycles. The zero-order valence-electron chi connectivity index (χ0n) is 50.7. The highest BCUT2D eigenvalue weighted by molar-refractivity contribution is 6.27. The van der Waals surface area contributed by atoms with Crippen molar-refractivity contribution in [3.63, 3.8) is 0 Å². The Labute approximate surface area is 541 Å². The molecule has 0 amide bonds. The number of hydrogen-bond acceptors (Lipinski definition) is 7. The first-order chi connectivity index (χ1) is 46.6. The van der Waals surface area contributed by atoms with Crippen molar-refractivity contribution in [2.45, 2.75) is 0 Å². The summed E-state index contributed by atoms with van der Waals surface area (Å²) in [6.45, 7) is 0. The highest BCUT2D eigenvalue weighted by atomic mass is 15.0. The van der Waals surface area contributed by atoms with Crippen molar-refractivity contribution in [2.24, 2.45) is 0 Å². The van der Waals surface area contributed by atoms with Crippen LogP contribution in [0.3, 0.4) is 0 Å². The van der Waals surface area contributed by atoms with Gasteiger partial charge in [-0.3, -0.25) is 0 Å². The van der Waals surface area contributed by atoms with Crippen LogP contribution in [0.5, 0.6) is 0 Å². The third-order valence-corrected chi connectivity index (χ3v) is 18.3. The molecular weight excluding hydrogens is 1140 g/mol. The first-order valence-corrected chi connectivity index (χ1v) is 31.7. The van der Waals surface area contributed by atoms with Gasteiger partial charge in [0.15, 0.2) is 29.1 Å². The predicted octanol–water partition coefficient (Wildman–Crippen LogP) is 22.2. The molecule has 0 fully saturated rings. The van der Waals surface area contributed by atoms with Gasteiger partial charge in [-0.1, -0.05) is 291 Å². The van der Waals surface area contributed by atoms with E-state index in [1.807, 2.05) is 97.1 Å². The molecule has 3 heterocycles. The van der Waals surface area contributed by atoms with Gasteiger partial charge in [-0.05, 0) is 112 Å². The minimum Gasteiger partial charge on any atom is -0.228 e. The molecule has 0 saturated heterocycles. The fraction of sp³-hybridized carbons (Fsp3) is 0. The van der Waals surface area contributed by atoms with E-state index < -0.39 is 0 Å². The van der Waals surface area contributed by atoms with Crippen LogP contribution in [0.25, 0.3) is 189 Å². The van der Waals surface area contributed by atoms with E-state index in [-0.39, 0.29) is 0 Å². The molecule has 7 heteroatoms. The standard InChI is InChI=1S/C87H53N7/c1-5-21-54(22-6-1)79-53-80(55-23-7-2-8-24-55)89-83(88-79)59-41-43-60(44-42-59)84-90-81(56-37-39-61(40-38-56)87-93-85(57-25-9-3-10-26-57)92-86(94-87)58-27-11-4-12-28-58)78-52-64(62-45-47-73-69-33-15-13-29-65(69)67-31-17-19-35-71(67)76(73)49-62)51-75(82(78)91-84)63-46-48-74-70-34-16-14-30-66(70)68-32-18-20-36-72(68)77(74)50-63/h1-53H. The molecule has 15 aromatic carbocycles. The lowest BCUT2D eigenvalue weighted by Gasteiger charge is -2.17. The molecule has 0 radical (unpaired) electrons. The monoisotopic (exact) mass is 1200 g/mol. The Bertz CT molecular complexity index is 5820. The topological polar surface area (TPSA) is 90.2 Å². The largest absolute Gasteiger partial charge is 0.228 e. The van der Waals surface area contributed by atoms with E-state index in [1.165, 1.54) is 64.6 Å². The Morgan fingerprint density at radius 3 is 0.851 bits per heavy atom. The minimum absolute atomic E-state index is 0.569. The fourth-order valence-electron chi connectivity index (χ4n) is 13.7. The second-order valence-electron chi connectivity index (χ2n) is 23.9. The van der Waals surface area contributed by atoms with Gasteiger partial charge in [0.25, 0.3) is 0 Å². The second-order valence-corrected chi connectivity index (χ2v) is 23.9. The Hall–Kier alpha value is -12.7. The van der Waals surface area contributed by atoms with Crippen molar-refractivity contribution in [2.75, 3.05) is 0 Å². The second kappa shape index (κ2) is 22.6. The molecule has 436 valence electrons. The maximum absolute atomic E-state index is 5.74. The van der Waals surface area contributed by atoms with Gasteiger partial charge < -0.3 is 0 Å². The van der Waals surface area contributed by atoms with Crippen molar-refractivity contribution >= 4 is 75.5 Å². The van der Waals surface area contributed by atoms with Gasteiger partial charge in [0.1, 0.15) is 0 Å². The van der Waals surface area contributed by atoms with Gasteiger partial charge in [-0.15, -0.1) is 0 Å². The smallest absolute Gasteiger partial charge is 0.164 e. The minimum atomic E-state index is 0.569. The zero-order chi connectivity index (χ0) is 62.1. The predicted molar refractivity (Wildman–Crippen MR) is 388 cm³/mol. The number of nitrogens with zero attached hydrogens (tertiary/aromatic N) is 7. The maximum atomic E-state index is 5.74. The molecule has 18 aromatic rings. The number of fused-ring (bicyclic) bond motifs is 13. The summed E-state index contributed by atoms with van der Waals surface area (Å²) in [5, 5.41) is 15.5. The van der Waals surface area contributed by atoms with Crippen LogP contribution >= 0.6 is 0 Å². The highest BCUT2D eigenvalue weighted by Crippen LogP contribution is 2.45. The Morgan fingerprint density at radius 1 is 0.149 bits per heavy atom. The molecule has 0 spiro atoms. The zero-order valence-corrected chi connectivity index (χ0v) is 50.7. The summed E-state index contributed by atoms with van der Waals surface area (Å²) in [7, 11) is 0. The van der Waals surface area contributed by atoms with Gasteiger partial charge in [0.2, 0.25) is 0 Å². The Balaban J connectivity index is 0.871. The third kappa shape index (κ3) is 9.58. The number of rotatable bonds is 10. The SMILES string of the molecule is c1ccc(-c2cc(-c3ccccc3)nc(-c3ccc(-c4nc(-c5ccc(-c6nc(-c7ccccc7)nc(-c7ccccc7)n6)cc5)c5cc(-c6ccc7c8ccccc8c8ccccc8c7c6)cc(-c6ccc7c8ccccc8c8ccccc8c7c6)c5n4)cc3)n2)cc1. The highest BCUT2D eigenvalue weighted by Gasteiger charge is 2.22. The van der Waals surface area contributed by atoms with E-state index in [9.17, 15) is 0 Å². The van der Waals surface area contributed by atoms with Crippen LogP contribution in [0.15, 0.2) is 322 Å². The average molecular weight is 1200 g/mol. The van der Waals surface area contributed by atoms with Crippen LogP contribution < -0.4 is 0 Å². The Kier molecular flexibility index (Phi) is 13.1. The first-order valence-electron chi connectivity index (χ1n) is 31.7. The van der Waals surface area contributed by atoms with Crippen molar-refractivity contribution in [3.05, 3.63) is 322 Å². The molecule has 0 N–H and O–H groups in total. The molecule has 0 bridgehead atoms. The molecule has 18 rings (SSSR count). The summed E-state index contributed by atoms with van der Waals surface area (Å²) in [5.41, 5.74) is 14.8.